The minimum absolute atomic E-state index is 0.196. The Hall–Kier alpha value is -1.47. The molecule has 0 spiro atoms. The molecule has 0 amide bonds. The minimum Gasteiger partial charge on any atom is -0.300 e. The van der Waals surface area contributed by atoms with Crippen LogP contribution in [0.2, 0.25) is 0 Å². The maximum absolute atomic E-state index is 12.4. The topological polar surface area (TPSA) is 12.0 Å². The van der Waals surface area contributed by atoms with Crippen molar-refractivity contribution in [1.29, 1.82) is 0 Å². The quantitative estimate of drug-likeness (QED) is 0.783. The summed E-state index contributed by atoms with van der Waals surface area (Å²) in [6, 6.07) is 5.03. The number of terminal acetylenes is 1. The van der Waals surface area contributed by atoms with Crippen LogP contribution in [-0.2, 0) is 6.18 Å². The molecule has 1 atom stereocenters. The third kappa shape index (κ3) is 3.28. The predicted octanol–water partition coefficient (Wildman–Crippen LogP) is 2.99. The molecule has 1 rings (SSSR count). The van der Waals surface area contributed by atoms with E-state index in [4.69, 9.17) is 6.42 Å². The van der Waals surface area contributed by atoms with Gasteiger partial charge in [0.25, 0.3) is 0 Å². The Bertz CT molecular complexity index is 390. The van der Waals surface area contributed by atoms with E-state index in [-0.39, 0.29) is 6.04 Å². The zero-order valence-electron chi connectivity index (χ0n) is 8.81. The molecule has 0 aromatic heterocycles. The maximum atomic E-state index is 12.4. The molecule has 0 aliphatic heterocycles. The zero-order valence-corrected chi connectivity index (χ0v) is 8.81. The third-order valence-corrected chi connectivity index (χ3v) is 2.22. The Labute approximate surface area is 92.7 Å². The van der Waals surface area contributed by atoms with Crippen molar-refractivity contribution in [2.75, 3.05) is 6.54 Å². The summed E-state index contributed by atoms with van der Waals surface area (Å²) in [6.45, 7) is 2.10. The lowest BCUT2D eigenvalue weighted by Crippen LogP contribution is -2.19. The van der Waals surface area contributed by atoms with Gasteiger partial charge in [-0.2, -0.15) is 13.2 Å². The average molecular weight is 227 g/mol. The second-order valence-corrected chi connectivity index (χ2v) is 3.43. The summed E-state index contributed by atoms with van der Waals surface area (Å²) in [4.78, 5) is 0. The fourth-order valence-electron chi connectivity index (χ4n) is 1.31. The van der Waals surface area contributed by atoms with E-state index < -0.39 is 11.7 Å². The standard InChI is InChI=1S/C12H12F3N/c1-3-7-16-9(2)10-5-4-6-11(8-10)12(13,14)15/h1,4-6,8-9,16H,7H2,2H3. The van der Waals surface area contributed by atoms with Gasteiger partial charge in [0.1, 0.15) is 0 Å². The molecular weight excluding hydrogens is 215 g/mol. The Balaban J connectivity index is 2.87. The Morgan fingerprint density at radius 2 is 2.12 bits per heavy atom. The van der Waals surface area contributed by atoms with E-state index in [1.165, 1.54) is 6.07 Å². The molecule has 4 heteroatoms. The lowest BCUT2D eigenvalue weighted by atomic mass is 10.0. The van der Waals surface area contributed by atoms with Crippen molar-refractivity contribution in [2.24, 2.45) is 0 Å². The molecule has 1 aromatic rings. The molecule has 0 bridgehead atoms. The van der Waals surface area contributed by atoms with Crippen molar-refractivity contribution in [2.45, 2.75) is 19.1 Å². The van der Waals surface area contributed by atoms with E-state index in [9.17, 15) is 13.2 Å². The molecule has 0 aliphatic rings. The largest absolute Gasteiger partial charge is 0.416 e. The van der Waals surface area contributed by atoms with Crippen molar-refractivity contribution in [1.82, 2.24) is 5.32 Å². The molecule has 0 fully saturated rings. The van der Waals surface area contributed by atoms with Gasteiger partial charge < -0.3 is 0 Å². The highest BCUT2D eigenvalue weighted by Gasteiger charge is 2.30. The first-order valence-corrected chi connectivity index (χ1v) is 4.79. The highest BCUT2D eigenvalue weighted by Crippen LogP contribution is 2.30. The van der Waals surface area contributed by atoms with E-state index in [1.54, 1.807) is 13.0 Å². The second kappa shape index (κ2) is 5.04. The van der Waals surface area contributed by atoms with Crippen LogP contribution in [0.1, 0.15) is 24.1 Å². The van der Waals surface area contributed by atoms with Crippen molar-refractivity contribution < 1.29 is 13.2 Å². The van der Waals surface area contributed by atoms with Crippen LogP contribution in [-0.4, -0.2) is 6.54 Å². The summed E-state index contributed by atoms with van der Waals surface area (Å²) in [5.74, 6) is 2.38. The Morgan fingerprint density at radius 3 is 2.69 bits per heavy atom. The van der Waals surface area contributed by atoms with Crippen LogP contribution < -0.4 is 5.32 Å². The van der Waals surface area contributed by atoms with Crippen LogP contribution in [0.15, 0.2) is 24.3 Å². The van der Waals surface area contributed by atoms with Crippen LogP contribution in [0.25, 0.3) is 0 Å². The summed E-state index contributed by atoms with van der Waals surface area (Å²) >= 11 is 0. The van der Waals surface area contributed by atoms with E-state index in [2.05, 4.69) is 11.2 Å². The first-order chi connectivity index (χ1) is 7.45. The number of benzene rings is 1. The Morgan fingerprint density at radius 1 is 1.44 bits per heavy atom. The molecule has 0 saturated carbocycles. The molecule has 1 N–H and O–H groups in total. The molecule has 1 aromatic carbocycles. The highest BCUT2D eigenvalue weighted by molar-refractivity contribution is 5.27. The molecule has 0 aliphatic carbocycles. The normalized spacial score (nSPS) is 13.2. The second-order valence-electron chi connectivity index (χ2n) is 3.43. The SMILES string of the molecule is C#CCNC(C)c1cccc(C(F)(F)F)c1. The molecule has 1 nitrogen and oxygen atoms in total. The van der Waals surface area contributed by atoms with Gasteiger partial charge >= 0.3 is 6.18 Å². The fraction of sp³-hybridized carbons (Fsp3) is 0.333. The summed E-state index contributed by atoms with van der Waals surface area (Å²) < 4.78 is 37.3. The lowest BCUT2D eigenvalue weighted by Gasteiger charge is -2.14. The van der Waals surface area contributed by atoms with E-state index >= 15 is 0 Å². The molecule has 0 radical (unpaired) electrons. The average Bonchev–Trinajstić information content (AvgIpc) is 2.25. The van der Waals surface area contributed by atoms with Crippen molar-refractivity contribution in [3.8, 4) is 12.3 Å². The molecular formula is C12H12F3N. The van der Waals surface area contributed by atoms with Gasteiger partial charge in [0, 0.05) is 6.04 Å². The van der Waals surface area contributed by atoms with Gasteiger partial charge in [-0.25, -0.2) is 0 Å². The third-order valence-electron chi connectivity index (χ3n) is 2.22. The molecule has 86 valence electrons. The Kier molecular flexibility index (Phi) is 3.97. The van der Waals surface area contributed by atoms with Gasteiger partial charge in [0.05, 0.1) is 12.1 Å². The van der Waals surface area contributed by atoms with Gasteiger partial charge in [-0.3, -0.25) is 5.32 Å². The number of nitrogens with one attached hydrogen (secondary N) is 1. The fourth-order valence-corrected chi connectivity index (χ4v) is 1.31. The van der Waals surface area contributed by atoms with Gasteiger partial charge in [-0.15, -0.1) is 6.42 Å². The van der Waals surface area contributed by atoms with Gasteiger partial charge in [-0.1, -0.05) is 18.1 Å². The monoisotopic (exact) mass is 227 g/mol. The zero-order chi connectivity index (χ0) is 12.2. The molecule has 0 heterocycles. The summed E-state index contributed by atoms with van der Waals surface area (Å²) in [7, 11) is 0. The van der Waals surface area contributed by atoms with E-state index in [0.717, 1.165) is 12.1 Å². The predicted molar refractivity (Wildman–Crippen MR) is 56.7 cm³/mol. The first-order valence-electron chi connectivity index (χ1n) is 4.79. The van der Waals surface area contributed by atoms with Gasteiger partial charge in [-0.05, 0) is 24.6 Å². The molecule has 1 unspecified atom stereocenters. The number of halogens is 3. The number of rotatable bonds is 3. The van der Waals surface area contributed by atoms with Crippen LogP contribution in [0.5, 0.6) is 0 Å². The van der Waals surface area contributed by atoms with Gasteiger partial charge in [0.15, 0.2) is 0 Å². The van der Waals surface area contributed by atoms with Crippen molar-refractivity contribution in [3.05, 3.63) is 35.4 Å². The molecule has 0 saturated heterocycles. The van der Waals surface area contributed by atoms with Gasteiger partial charge in [0.2, 0.25) is 0 Å². The lowest BCUT2D eigenvalue weighted by molar-refractivity contribution is -0.137. The van der Waals surface area contributed by atoms with Crippen LogP contribution in [0, 0.1) is 12.3 Å². The van der Waals surface area contributed by atoms with Crippen molar-refractivity contribution in [3.63, 3.8) is 0 Å². The van der Waals surface area contributed by atoms with Crippen molar-refractivity contribution >= 4 is 0 Å². The summed E-state index contributed by atoms with van der Waals surface area (Å²) in [5, 5.41) is 2.92. The first kappa shape index (κ1) is 12.6. The summed E-state index contributed by atoms with van der Waals surface area (Å²) in [6.07, 6.45) is 0.758. The minimum atomic E-state index is -4.30. The number of hydrogen-bond donors (Lipinski definition) is 1. The number of hydrogen-bond acceptors (Lipinski definition) is 1. The smallest absolute Gasteiger partial charge is 0.300 e. The maximum Gasteiger partial charge on any atom is 0.416 e. The van der Waals surface area contributed by atoms with E-state index in [0.29, 0.717) is 12.1 Å². The highest BCUT2D eigenvalue weighted by atomic mass is 19.4. The van der Waals surface area contributed by atoms with Crippen LogP contribution >= 0.6 is 0 Å². The summed E-state index contributed by atoms with van der Waals surface area (Å²) in [5.41, 5.74) is -0.0653. The molecule has 16 heavy (non-hydrogen) atoms. The van der Waals surface area contributed by atoms with E-state index in [1.807, 2.05) is 0 Å². The van der Waals surface area contributed by atoms with Crippen LogP contribution in [0.4, 0.5) is 13.2 Å². The van der Waals surface area contributed by atoms with Crippen LogP contribution in [0.3, 0.4) is 0 Å². The number of alkyl halides is 3.